The molecule has 1 saturated heterocycles. The second kappa shape index (κ2) is 16.1. The minimum absolute atomic E-state index is 0.0637. The zero-order valence-electron chi connectivity index (χ0n) is 29.7. The number of carbonyl (C=O) groups excluding carboxylic acids is 3. The van der Waals surface area contributed by atoms with Crippen LogP contribution in [0.25, 0.3) is 0 Å². The molecule has 2 aliphatic rings. The Morgan fingerprint density at radius 3 is 2.21 bits per heavy atom. The molecule has 12 heteroatoms. The van der Waals surface area contributed by atoms with Gasteiger partial charge in [-0.3, -0.25) is 14.5 Å². The molecule has 1 saturated carbocycles. The highest BCUT2D eigenvalue weighted by molar-refractivity contribution is 7.92. The summed E-state index contributed by atoms with van der Waals surface area (Å²) in [6.45, 7) is 11.9. The number of likely N-dealkylation sites (tertiary alicyclic amines) is 1. The zero-order chi connectivity index (χ0) is 35.2. The fourth-order valence-corrected chi connectivity index (χ4v) is 7.45. The SMILES string of the molecule is CCCN(C)C(=O)N[C@H](C(=O)NC(Cc1ccccc1)C(O)CN1C[C@H]2CCCC[C@H]2CC1C(=O)NC(C)(C)C)C(C)(C)S(C)(=O)=O. The van der Waals surface area contributed by atoms with Crippen molar-refractivity contribution in [2.24, 2.45) is 11.8 Å². The molecule has 0 aromatic heterocycles. The van der Waals surface area contributed by atoms with Gasteiger partial charge >= 0.3 is 6.03 Å². The number of fused-ring (bicyclic) bond motifs is 1. The number of piperidine rings is 1. The number of urea groups is 1. The normalized spacial score (nSPS) is 22.7. The smallest absolute Gasteiger partial charge is 0.317 e. The summed E-state index contributed by atoms with van der Waals surface area (Å²) in [7, 11) is -2.23. The van der Waals surface area contributed by atoms with Crippen molar-refractivity contribution in [3.63, 3.8) is 0 Å². The average molecular weight is 678 g/mol. The second-order valence-corrected chi connectivity index (χ2v) is 17.9. The van der Waals surface area contributed by atoms with Crippen LogP contribution in [0.1, 0.15) is 85.6 Å². The molecule has 6 atom stereocenters. The summed E-state index contributed by atoms with van der Waals surface area (Å²) >= 11 is 0. The minimum Gasteiger partial charge on any atom is -0.390 e. The molecule has 3 unspecified atom stereocenters. The standard InChI is InChI=1S/C35H59N5O6S/c1-9-19-39(7)33(44)37-30(35(5,6)47(8,45)46)32(43)36-27(20-24-15-11-10-12-16-24)29(41)23-40-22-26-18-14-13-17-25(26)21-28(40)31(42)38-34(2,3)4/h10-12,15-16,25-30,41H,9,13-14,17-23H2,1-8H3,(H,36,43)(H,37,44)(H,38,42)/t25-,26+,27?,28?,29?,30+/m0/s1. The summed E-state index contributed by atoms with van der Waals surface area (Å²) < 4.78 is 24.2. The predicted octanol–water partition coefficient (Wildman–Crippen LogP) is 3.11. The number of aliphatic hydroxyl groups excluding tert-OH is 1. The van der Waals surface area contributed by atoms with Crippen molar-refractivity contribution in [1.29, 1.82) is 0 Å². The molecule has 2 fully saturated rings. The van der Waals surface area contributed by atoms with Crippen molar-refractivity contribution < 1.29 is 27.9 Å². The zero-order valence-corrected chi connectivity index (χ0v) is 30.5. The summed E-state index contributed by atoms with van der Waals surface area (Å²) in [5, 5.41) is 20.6. The van der Waals surface area contributed by atoms with Crippen molar-refractivity contribution in [1.82, 2.24) is 25.8 Å². The molecule has 0 radical (unpaired) electrons. The average Bonchev–Trinajstić information content (AvgIpc) is 2.98. The quantitative estimate of drug-likeness (QED) is 0.251. The van der Waals surface area contributed by atoms with Gasteiger partial charge in [0.05, 0.1) is 22.9 Å². The van der Waals surface area contributed by atoms with E-state index >= 15 is 0 Å². The van der Waals surface area contributed by atoms with Gasteiger partial charge in [0.25, 0.3) is 0 Å². The highest BCUT2D eigenvalue weighted by atomic mass is 32.2. The third kappa shape index (κ3) is 10.6. The summed E-state index contributed by atoms with van der Waals surface area (Å²) in [6, 6.07) is 6.20. The fraction of sp³-hybridized carbons (Fsp3) is 0.743. The molecular formula is C35H59N5O6S. The number of hydrogen-bond acceptors (Lipinski definition) is 7. The maximum Gasteiger partial charge on any atom is 0.317 e. The Bertz CT molecular complexity index is 1320. The maximum absolute atomic E-state index is 14.1. The van der Waals surface area contributed by atoms with Gasteiger partial charge < -0.3 is 26.0 Å². The van der Waals surface area contributed by atoms with Crippen molar-refractivity contribution >= 4 is 27.7 Å². The Morgan fingerprint density at radius 1 is 1.02 bits per heavy atom. The molecule has 1 aromatic carbocycles. The number of nitrogens with zero attached hydrogens (tertiary/aromatic N) is 2. The monoisotopic (exact) mass is 677 g/mol. The summed E-state index contributed by atoms with van der Waals surface area (Å²) in [4.78, 5) is 44.2. The molecule has 0 spiro atoms. The van der Waals surface area contributed by atoms with Gasteiger partial charge in [0.2, 0.25) is 11.8 Å². The Labute approximate surface area is 282 Å². The van der Waals surface area contributed by atoms with Crippen LogP contribution >= 0.6 is 0 Å². The van der Waals surface area contributed by atoms with Gasteiger partial charge in [0, 0.05) is 38.5 Å². The number of sulfone groups is 1. The van der Waals surface area contributed by atoms with E-state index in [9.17, 15) is 27.9 Å². The fourth-order valence-electron chi connectivity index (χ4n) is 6.85. The van der Waals surface area contributed by atoms with Gasteiger partial charge in [0.15, 0.2) is 9.84 Å². The van der Waals surface area contributed by atoms with Gasteiger partial charge in [-0.15, -0.1) is 0 Å². The Morgan fingerprint density at radius 2 is 1.64 bits per heavy atom. The minimum atomic E-state index is -3.82. The largest absolute Gasteiger partial charge is 0.390 e. The van der Waals surface area contributed by atoms with Crippen LogP contribution in [0.3, 0.4) is 0 Å². The molecular weight excluding hydrogens is 618 g/mol. The van der Waals surface area contributed by atoms with E-state index in [0.717, 1.165) is 37.5 Å². The number of carbonyl (C=O) groups is 3. The van der Waals surface area contributed by atoms with Crippen LogP contribution in [0.5, 0.6) is 0 Å². The summed E-state index contributed by atoms with van der Waals surface area (Å²) in [5.41, 5.74) is 0.460. The second-order valence-electron chi connectivity index (χ2n) is 15.3. The topological polar surface area (TPSA) is 148 Å². The first-order chi connectivity index (χ1) is 21.8. The Hall–Kier alpha value is -2.70. The van der Waals surface area contributed by atoms with E-state index in [1.807, 2.05) is 58.0 Å². The van der Waals surface area contributed by atoms with Crippen LogP contribution in [0.4, 0.5) is 4.79 Å². The Kier molecular flexibility index (Phi) is 13.3. The van der Waals surface area contributed by atoms with Crippen LogP contribution < -0.4 is 16.0 Å². The van der Waals surface area contributed by atoms with E-state index < -0.39 is 56.3 Å². The third-order valence-corrected chi connectivity index (χ3v) is 12.0. The highest BCUT2D eigenvalue weighted by Gasteiger charge is 2.46. The lowest BCUT2D eigenvalue weighted by Crippen LogP contribution is -2.65. The molecule has 1 heterocycles. The number of hydrogen-bond donors (Lipinski definition) is 4. The lowest BCUT2D eigenvalue weighted by Gasteiger charge is -2.47. The number of amides is 4. The van der Waals surface area contributed by atoms with Crippen molar-refractivity contribution in [2.75, 3.05) is 32.9 Å². The number of aliphatic hydroxyl groups is 1. The van der Waals surface area contributed by atoms with Gasteiger partial charge in [-0.05, 0) is 77.7 Å². The van der Waals surface area contributed by atoms with E-state index in [4.69, 9.17) is 0 Å². The van der Waals surface area contributed by atoms with Gasteiger partial charge in [-0.2, -0.15) is 0 Å². The van der Waals surface area contributed by atoms with Gasteiger partial charge in [0.1, 0.15) is 6.04 Å². The Balaban J connectivity index is 1.93. The highest BCUT2D eigenvalue weighted by Crippen LogP contribution is 2.39. The first kappa shape index (κ1) is 38.7. The molecule has 47 heavy (non-hydrogen) atoms. The molecule has 11 nitrogen and oxygen atoms in total. The van der Waals surface area contributed by atoms with Crippen LogP contribution in [-0.4, -0.2) is 109 Å². The van der Waals surface area contributed by atoms with Crippen LogP contribution in [-0.2, 0) is 25.8 Å². The molecule has 1 aliphatic carbocycles. The maximum atomic E-state index is 14.1. The van der Waals surface area contributed by atoms with Gasteiger partial charge in [-0.1, -0.05) is 56.5 Å². The van der Waals surface area contributed by atoms with E-state index in [2.05, 4.69) is 20.9 Å². The molecule has 3 rings (SSSR count). The number of rotatable bonds is 13. The first-order valence-electron chi connectivity index (χ1n) is 17.1. The van der Waals surface area contributed by atoms with E-state index in [-0.39, 0.29) is 18.9 Å². The van der Waals surface area contributed by atoms with Crippen molar-refractivity contribution in [2.45, 2.75) is 121 Å². The lowest BCUT2D eigenvalue weighted by atomic mass is 9.72. The predicted molar refractivity (Wildman–Crippen MR) is 186 cm³/mol. The third-order valence-electron chi connectivity index (χ3n) is 9.90. The van der Waals surface area contributed by atoms with E-state index in [0.29, 0.717) is 31.3 Å². The van der Waals surface area contributed by atoms with E-state index in [1.54, 1.807) is 7.05 Å². The molecule has 4 amide bonds. The van der Waals surface area contributed by atoms with Crippen molar-refractivity contribution in [3.05, 3.63) is 35.9 Å². The number of β-amino-alcohol motifs (C(OH)–C–C–N with tert-alkyl or cyclic N) is 1. The first-order valence-corrected chi connectivity index (χ1v) is 19.0. The number of benzene rings is 1. The molecule has 0 bridgehead atoms. The van der Waals surface area contributed by atoms with Gasteiger partial charge in [-0.25, -0.2) is 13.2 Å². The summed E-state index contributed by atoms with van der Waals surface area (Å²) in [6.07, 6.45) is 6.13. The molecule has 266 valence electrons. The summed E-state index contributed by atoms with van der Waals surface area (Å²) in [5.74, 6) is 0.131. The molecule has 1 aromatic rings. The molecule has 1 aliphatic heterocycles. The van der Waals surface area contributed by atoms with E-state index in [1.165, 1.54) is 25.2 Å². The lowest BCUT2D eigenvalue weighted by molar-refractivity contribution is -0.133. The van der Waals surface area contributed by atoms with Crippen LogP contribution in [0.2, 0.25) is 0 Å². The van der Waals surface area contributed by atoms with Crippen molar-refractivity contribution in [3.8, 4) is 0 Å². The number of nitrogens with one attached hydrogen (secondary N) is 3. The molecule has 4 N–H and O–H groups in total. The van der Waals surface area contributed by atoms with Crippen LogP contribution in [0.15, 0.2) is 30.3 Å². The van der Waals surface area contributed by atoms with Crippen LogP contribution in [0, 0.1) is 11.8 Å².